The van der Waals surface area contributed by atoms with Crippen LogP contribution in [-0.4, -0.2) is 16.2 Å². The third kappa shape index (κ3) is 4.27. The molecule has 0 aliphatic heterocycles. The Morgan fingerprint density at radius 1 is 1.17 bits per heavy atom. The van der Waals surface area contributed by atoms with E-state index in [2.05, 4.69) is 5.16 Å². The summed E-state index contributed by atoms with van der Waals surface area (Å²) in [6, 6.07) is 9.79. The number of rotatable bonds is 8. The Bertz CT molecular complexity index is 1030. The molecule has 0 saturated heterocycles. The number of hydrogen-bond donors (Lipinski definition) is 1. The van der Waals surface area contributed by atoms with Crippen LogP contribution in [0.4, 0.5) is 13.2 Å². The van der Waals surface area contributed by atoms with Crippen LogP contribution in [0, 0.1) is 0 Å². The van der Waals surface area contributed by atoms with Crippen molar-refractivity contribution in [3.63, 3.8) is 0 Å². The third-order valence-electron chi connectivity index (χ3n) is 4.74. The van der Waals surface area contributed by atoms with Crippen molar-refractivity contribution in [1.82, 2.24) is 5.16 Å². The second-order valence-electron chi connectivity index (χ2n) is 6.99. The molecular weight excluding hydrogens is 399 g/mol. The summed E-state index contributed by atoms with van der Waals surface area (Å²) in [4.78, 5) is 11.9. The molecule has 8 heteroatoms. The first-order chi connectivity index (χ1) is 14.3. The van der Waals surface area contributed by atoms with E-state index in [-0.39, 0.29) is 28.7 Å². The summed E-state index contributed by atoms with van der Waals surface area (Å²) in [5.74, 6) is -1.07. The molecule has 1 atom stereocenters. The van der Waals surface area contributed by atoms with Crippen molar-refractivity contribution in [2.75, 3.05) is 0 Å². The molecule has 30 heavy (non-hydrogen) atoms. The zero-order valence-corrected chi connectivity index (χ0v) is 16.6. The fraction of sp³-hybridized carbons (Fsp3) is 0.364. The Kier molecular flexibility index (Phi) is 6.34. The van der Waals surface area contributed by atoms with Crippen LogP contribution < -0.4 is 4.74 Å². The predicted molar refractivity (Wildman–Crippen MR) is 104 cm³/mol. The first-order valence-corrected chi connectivity index (χ1v) is 9.73. The van der Waals surface area contributed by atoms with Gasteiger partial charge in [-0.15, -0.1) is 0 Å². The average molecular weight is 421 g/mol. The van der Waals surface area contributed by atoms with Crippen molar-refractivity contribution in [2.45, 2.75) is 51.8 Å². The number of ether oxygens (including phenoxy) is 1. The monoisotopic (exact) mass is 421 g/mol. The molecule has 1 heterocycles. The molecule has 0 bridgehead atoms. The normalized spacial score (nSPS) is 12.8. The first kappa shape index (κ1) is 21.7. The van der Waals surface area contributed by atoms with Gasteiger partial charge in [-0.2, -0.15) is 13.2 Å². The van der Waals surface area contributed by atoms with Crippen molar-refractivity contribution in [3.8, 4) is 5.75 Å². The zero-order chi connectivity index (χ0) is 21.9. The van der Waals surface area contributed by atoms with Gasteiger partial charge in [-0.3, -0.25) is 0 Å². The number of carboxylic acid groups (broad SMARTS) is 1. The summed E-state index contributed by atoms with van der Waals surface area (Å²) in [7, 11) is 0. The van der Waals surface area contributed by atoms with Gasteiger partial charge in [-0.05, 0) is 24.5 Å². The number of fused-ring (bicyclic) bond motifs is 1. The van der Waals surface area contributed by atoms with Crippen LogP contribution in [0.25, 0.3) is 11.0 Å². The summed E-state index contributed by atoms with van der Waals surface area (Å²) in [5.41, 5.74) is 0.166. The maximum absolute atomic E-state index is 13.6. The average Bonchev–Trinajstić information content (AvgIpc) is 3.12. The van der Waals surface area contributed by atoms with Crippen LogP contribution >= 0.6 is 0 Å². The molecule has 3 aromatic rings. The van der Waals surface area contributed by atoms with Gasteiger partial charge in [-0.1, -0.05) is 62.2 Å². The smallest absolute Gasteiger partial charge is 0.437 e. The highest BCUT2D eigenvalue weighted by molar-refractivity contribution is 5.88. The lowest BCUT2D eigenvalue weighted by Crippen LogP contribution is -2.20. The molecule has 2 aromatic carbocycles. The minimum atomic E-state index is -4.71. The number of aromatic nitrogens is 1. The molecule has 0 fully saturated rings. The van der Waals surface area contributed by atoms with E-state index in [9.17, 15) is 23.1 Å². The number of benzene rings is 2. The fourth-order valence-corrected chi connectivity index (χ4v) is 3.51. The summed E-state index contributed by atoms with van der Waals surface area (Å²) < 4.78 is 51.6. The molecule has 1 aromatic heterocycles. The predicted octanol–water partition coefficient (Wildman–Crippen LogP) is 5.96. The number of carbonyl (C=O) groups is 1. The van der Waals surface area contributed by atoms with Crippen molar-refractivity contribution in [3.05, 3.63) is 58.8 Å². The number of aliphatic carboxylic acids is 1. The van der Waals surface area contributed by atoms with Gasteiger partial charge in [0.05, 0.1) is 5.39 Å². The van der Waals surface area contributed by atoms with Crippen LogP contribution in [0.5, 0.6) is 5.75 Å². The highest BCUT2D eigenvalue weighted by atomic mass is 19.4. The number of aryl methyl sites for hydroxylation is 2. The fourth-order valence-electron chi connectivity index (χ4n) is 3.51. The third-order valence-corrected chi connectivity index (χ3v) is 4.74. The van der Waals surface area contributed by atoms with E-state index in [1.807, 2.05) is 13.8 Å². The van der Waals surface area contributed by atoms with Gasteiger partial charge in [0, 0.05) is 11.1 Å². The van der Waals surface area contributed by atoms with Gasteiger partial charge >= 0.3 is 12.1 Å². The van der Waals surface area contributed by atoms with Gasteiger partial charge in [0.2, 0.25) is 6.10 Å². The van der Waals surface area contributed by atoms with E-state index in [4.69, 9.17) is 9.26 Å². The van der Waals surface area contributed by atoms with Crippen molar-refractivity contribution in [1.29, 1.82) is 0 Å². The lowest BCUT2D eigenvalue weighted by molar-refractivity contribution is -0.145. The van der Waals surface area contributed by atoms with Crippen LogP contribution in [0.15, 0.2) is 40.9 Å². The van der Waals surface area contributed by atoms with Gasteiger partial charge in [0.25, 0.3) is 0 Å². The van der Waals surface area contributed by atoms with Crippen molar-refractivity contribution < 1.29 is 32.3 Å². The van der Waals surface area contributed by atoms with E-state index in [0.29, 0.717) is 30.4 Å². The maximum atomic E-state index is 13.6. The molecular formula is C22H22F3NO4. The lowest BCUT2D eigenvalue weighted by Gasteiger charge is -2.21. The summed E-state index contributed by atoms with van der Waals surface area (Å²) >= 11 is 0. The Morgan fingerprint density at radius 2 is 1.83 bits per heavy atom. The Hall–Kier alpha value is -3.03. The number of nitrogens with zero attached hydrogens (tertiary/aromatic N) is 1. The molecule has 160 valence electrons. The molecule has 5 nitrogen and oxygen atoms in total. The van der Waals surface area contributed by atoms with Crippen LogP contribution in [0.1, 0.15) is 55.2 Å². The molecule has 3 rings (SSSR count). The molecule has 1 N–H and O–H groups in total. The summed E-state index contributed by atoms with van der Waals surface area (Å²) in [5, 5.41) is 12.8. The highest BCUT2D eigenvalue weighted by Crippen LogP contribution is 2.42. The number of halogens is 3. The Labute approximate surface area is 171 Å². The number of alkyl halides is 3. The molecule has 0 saturated carbocycles. The molecule has 0 spiro atoms. The van der Waals surface area contributed by atoms with Crippen LogP contribution in [-0.2, 0) is 23.8 Å². The molecule has 0 aliphatic carbocycles. The second-order valence-corrected chi connectivity index (χ2v) is 6.99. The van der Waals surface area contributed by atoms with Gasteiger partial charge in [-0.25, -0.2) is 4.79 Å². The summed E-state index contributed by atoms with van der Waals surface area (Å²) in [6.45, 7) is 3.75. The molecule has 1 unspecified atom stereocenters. The van der Waals surface area contributed by atoms with E-state index >= 15 is 0 Å². The van der Waals surface area contributed by atoms with E-state index in [0.717, 1.165) is 0 Å². The SMILES string of the molecule is CCCc1cc2onc(C(F)(F)F)c2c(CCC)c1OC(C(=O)O)c1ccccc1. The topological polar surface area (TPSA) is 72.6 Å². The Morgan fingerprint density at radius 3 is 2.40 bits per heavy atom. The Balaban J connectivity index is 2.25. The van der Waals surface area contributed by atoms with E-state index < -0.39 is 23.9 Å². The molecule has 0 aliphatic rings. The summed E-state index contributed by atoms with van der Waals surface area (Å²) in [6.07, 6.45) is -4.09. The minimum absolute atomic E-state index is 0.0214. The number of hydrogen-bond acceptors (Lipinski definition) is 4. The second kappa shape index (κ2) is 8.77. The maximum Gasteiger partial charge on any atom is 0.437 e. The first-order valence-electron chi connectivity index (χ1n) is 9.73. The highest BCUT2D eigenvalue weighted by Gasteiger charge is 2.39. The van der Waals surface area contributed by atoms with E-state index in [1.54, 1.807) is 30.3 Å². The zero-order valence-electron chi connectivity index (χ0n) is 16.6. The quantitative estimate of drug-likeness (QED) is 0.486. The van der Waals surface area contributed by atoms with Gasteiger partial charge in [0.1, 0.15) is 5.75 Å². The lowest BCUT2D eigenvalue weighted by atomic mass is 9.96. The number of carboxylic acids is 1. The van der Waals surface area contributed by atoms with Gasteiger partial charge in [0.15, 0.2) is 11.3 Å². The van der Waals surface area contributed by atoms with Crippen LogP contribution in [0.3, 0.4) is 0 Å². The van der Waals surface area contributed by atoms with E-state index in [1.165, 1.54) is 6.07 Å². The van der Waals surface area contributed by atoms with Crippen molar-refractivity contribution in [2.24, 2.45) is 0 Å². The minimum Gasteiger partial charge on any atom is -0.478 e. The molecule has 0 radical (unpaired) electrons. The molecule has 0 amide bonds. The van der Waals surface area contributed by atoms with Crippen molar-refractivity contribution >= 4 is 16.9 Å². The van der Waals surface area contributed by atoms with Crippen LogP contribution in [0.2, 0.25) is 0 Å². The standard InChI is InChI=1S/C22H22F3NO4/c1-3-8-14-12-16-17(20(26-30-16)22(23,24)25)15(9-4-2)18(14)29-19(21(27)28)13-10-6-5-7-11-13/h5-7,10-12,19H,3-4,8-9H2,1-2H3,(H,27,28). The largest absolute Gasteiger partial charge is 0.478 e. The van der Waals surface area contributed by atoms with Gasteiger partial charge < -0.3 is 14.4 Å².